The Morgan fingerprint density at radius 1 is 1.00 bits per heavy atom. The Labute approximate surface area is 133 Å². The van der Waals surface area contributed by atoms with Gasteiger partial charge in [-0.1, -0.05) is 66.7 Å². The molecule has 0 bridgehead atoms. The lowest BCUT2D eigenvalue weighted by molar-refractivity contribution is -0.188. The molecule has 0 amide bonds. The van der Waals surface area contributed by atoms with Crippen molar-refractivity contribution in [2.75, 3.05) is 6.61 Å². The van der Waals surface area contributed by atoms with Crippen LogP contribution in [-0.4, -0.2) is 17.9 Å². The van der Waals surface area contributed by atoms with Crippen molar-refractivity contribution in [3.05, 3.63) is 84.4 Å². The van der Waals surface area contributed by atoms with Gasteiger partial charge in [-0.25, -0.2) is 0 Å². The van der Waals surface area contributed by atoms with E-state index >= 15 is 0 Å². The first-order valence-electron chi connectivity index (χ1n) is 7.14. The van der Waals surface area contributed by atoms with E-state index in [4.69, 9.17) is 0 Å². The minimum atomic E-state index is -4.61. The monoisotopic (exact) mass is 321 g/mol. The molecular formula is C18H18F3NO. The minimum Gasteiger partial charge on any atom is -0.394 e. The Morgan fingerprint density at radius 3 is 1.96 bits per heavy atom. The highest BCUT2D eigenvalue weighted by Crippen LogP contribution is 2.41. The molecule has 0 fully saturated rings. The van der Waals surface area contributed by atoms with E-state index in [0.717, 1.165) is 6.08 Å². The minimum absolute atomic E-state index is 0.0249. The first kappa shape index (κ1) is 17.2. The number of halogens is 3. The van der Waals surface area contributed by atoms with Crippen molar-refractivity contribution in [1.29, 1.82) is 0 Å². The summed E-state index contributed by atoms with van der Waals surface area (Å²) in [5.41, 5.74) is -1.85. The van der Waals surface area contributed by atoms with E-state index in [2.05, 4.69) is 11.9 Å². The van der Waals surface area contributed by atoms with Crippen molar-refractivity contribution in [3.63, 3.8) is 0 Å². The summed E-state index contributed by atoms with van der Waals surface area (Å²) in [4.78, 5) is 0. The highest BCUT2D eigenvalue weighted by atomic mass is 19.4. The molecule has 0 unspecified atom stereocenters. The van der Waals surface area contributed by atoms with Crippen LogP contribution in [-0.2, 0) is 5.54 Å². The molecular weight excluding hydrogens is 303 g/mol. The van der Waals surface area contributed by atoms with Gasteiger partial charge < -0.3 is 5.11 Å². The van der Waals surface area contributed by atoms with Crippen LogP contribution >= 0.6 is 0 Å². The second kappa shape index (κ2) is 6.98. The molecule has 2 N–H and O–H groups in total. The van der Waals surface area contributed by atoms with E-state index in [1.807, 2.05) is 0 Å². The van der Waals surface area contributed by atoms with Gasteiger partial charge in [0.1, 0.15) is 0 Å². The molecule has 0 aliphatic heterocycles. The molecule has 0 heterocycles. The third kappa shape index (κ3) is 3.46. The van der Waals surface area contributed by atoms with Gasteiger partial charge in [0.2, 0.25) is 0 Å². The summed E-state index contributed by atoms with van der Waals surface area (Å²) < 4.78 is 41.6. The zero-order valence-electron chi connectivity index (χ0n) is 12.4. The maximum Gasteiger partial charge on any atom is 0.414 e. The lowest BCUT2D eigenvalue weighted by Gasteiger charge is -2.37. The fourth-order valence-electron chi connectivity index (χ4n) is 2.52. The van der Waals surface area contributed by atoms with E-state index < -0.39 is 24.4 Å². The molecule has 2 aromatic carbocycles. The summed E-state index contributed by atoms with van der Waals surface area (Å²) in [7, 11) is 0. The van der Waals surface area contributed by atoms with Crippen LogP contribution in [0.1, 0.15) is 17.2 Å². The van der Waals surface area contributed by atoms with Gasteiger partial charge in [-0.3, -0.25) is 5.32 Å². The second-order valence-corrected chi connectivity index (χ2v) is 5.17. The molecule has 0 saturated carbocycles. The predicted molar refractivity (Wildman–Crippen MR) is 83.8 cm³/mol. The molecule has 0 spiro atoms. The maximum atomic E-state index is 13.9. The third-order valence-corrected chi connectivity index (χ3v) is 3.77. The van der Waals surface area contributed by atoms with Crippen molar-refractivity contribution in [2.24, 2.45) is 0 Å². The van der Waals surface area contributed by atoms with Gasteiger partial charge in [0.15, 0.2) is 5.54 Å². The fourth-order valence-corrected chi connectivity index (χ4v) is 2.52. The largest absolute Gasteiger partial charge is 0.414 e. The molecule has 0 saturated heterocycles. The molecule has 0 aromatic heterocycles. The topological polar surface area (TPSA) is 32.3 Å². The highest BCUT2D eigenvalue weighted by Gasteiger charge is 2.54. The first-order chi connectivity index (χ1) is 10.9. The number of hydrogen-bond donors (Lipinski definition) is 2. The Balaban J connectivity index is 2.48. The molecule has 0 radical (unpaired) electrons. The van der Waals surface area contributed by atoms with Gasteiger partial charge in [-0.15, -0.1) is 6.58 Å². The van der Waals surface area contributed by atoms with Crippen molar-refractivity contribution in [3.8, 4) is 0 Å². The molecule has 2 rings (SSSR count). The molecule has 2 aromatic rings. The van der Waals surface area contributed by atoms with Crippen LogP contribution < -0.4 is 5.32 Å². The van der Waals surface area contributed by atoms with Gasteiger partial charge in [0, 0.05) is 0 Å². The lowest BCUT2D eigenvalue weighted by Crippen LogP contribution is -2.54. The third-order valence-electron chi connectivity index (χ3n) is 3.77. The van der Waals surface area contributed by atoms with E-state index in [1.54, 1.807) is 36.4 Å². The molecule has 0 aliphatic carbocycles. The van der Waals surface area contributed by atoms with Gasteiger partial charge in [0.05, 0.1) is 12.6 Å². The van der Waals surface area contributed by atoms with Crippen LogP contribution in [0.3, 0.4) is 0 Å². The highest BCUT2D eigenvalue weighted by molar-refractivity contribution is 5.33. The summed E-state index contributed by atoms with van der Waals surface area (Å²) in [5.74, 6) is 0. The normalized spacial score (nSPS) is 15.7. The number of benzene rings is 2. The SMILES string of the molecule is C=C[C@@](N[C@@H](CO)c1ccccc1)(c1ccccc1)C(F)(F)F. The second-order valence-electron chi connectivity index (χ2n) is 5.17. The van der Waals surface area contributed by atoms with Crippen LogP contribution in [0.5, 0.6) is 0 Å². The van der Waals surface area contributed by atoms with Crippen LogP contribution in [0.4, 0.5) is 13.2 Å². The Morgan fingerprint density at radius 2 is 1.52 bits per heavy atom. The lowest BCUT2D eigenvalue weighted by atomic mass is 9.87. The van der Waals surface area contributed by atoms with E-state index in [1.165, 1.54) is 24.3 Å². The number of hydrogen-bond acceptors (Lipinski definition) is 2. The standard InChI is InChI=1S/C18H18F3NO/c1-2-17(18(19,20)21,15-11-7-4-8-12-15)22-16(13-23)14-9-5-3-6-10-14/h2-12,16,22-23H,1,13H2/t16-,17+/m0/s1. The van der Waals surface area contributed by atoms with Gasteiger partial charge >= 0.3 is 6.18 Å². The molecule has 5 heteroatoms. The smallest absolute Gasteiger partial charge is 0.394 e. The number of rotatable bonds is 6. The van der Waals surface area contributed by atoms with Crippen molar-refractivity contribution in [2.45, 2.75) is 17.8 Å². The number of alkyl halides is 3. The van der Waals surface area contributed by atoms with Gasteiger partial charge in [-0.2, -0.15) is 13.2 Å². The van der Waals surface area contributed by atoms with Crippen LogP contribution in [0, 0.1) is 0 Å². The Kier molecular flexibility index (Phi) is 5.23. The number of nitrogens with one attached hydrogen (secondary N) is 1. The molecule has 23 heavy (non-hydrogen) atoms. The Hall–Kier alpha value is -2.11. The van der Waals surface area contributed by atoms with Gasteiger partial charge in [0.25, 0.3) is 0 Å². The maximum absolute atomic E-state index is 13.9. The number of aliphatic hydroxyl groups is 1. The summed E-state index contributed by atoms with van der Waals surface area (Å²) in [5, 5.41) is 12.1. The summed E-state index contributed by atoms with van der Waals surface area (Å²) in [6.07, 6.45) is -3.77. The zero-order chi connectivity index (χ0) is 16.9. The van der Waals surface area contributed by atoms with Crippen LogP contribution in [0.2, 0.25) is 0 Å². The van der Waals surface area contributed by atoms with Crippen LogP contribution in [0.15, 0.2) is 73.3 Å². The van der Waals surface area contributed by atoms with E-state index in [9.17, 15) is 18.3 Å². The Bertz CT molecular complexity index is 628. The molecule has 122 valence electrons. The summed E-state index contributed by atoms with van der Waals surface area (Å²) >= 11 is 0. The quantitative estimate of drug-likeness (QED) is 0.790. The van der Waals surface area contributed by atoms with Crippen molar-refractivity contribution < 1.29 is 18.3 Å². The molecule has 0 aliphatic rings. The predicted octanol–water partition coefficient (Wildman–Crippen LogP) is 3.95. The number of aliphatic hydroxyl groups excluding tert-OH is 1. The van der Waals surface area contributed by atoms with Crippen molar-refractivity contribution >= 4 is 0 Å². The zero-order valence-corrected chi connectivity index (χ0v) is 12.4. The van der Waals surface area contributed by atoms with Gasteiger partial charge in [-0.05, 0) is 11.1 Å². The summed E-state index contributed by atoms with van der Waals surface area (Å²) in [6, 6.07) is 15.2. The summed E-state index contributed by atoms with van der Waals surface area (Å²) in [6.45, 7) is 2.92. The first-order valence-corrected chi connectivity index (χ1v) is 7.14. The average molecular weight is 321 g/mol. The molecule has 2 nitrogen and oxygen atoms in total. The average Bonchev–Trinajstić information content (AvgIpc) is 2.57. The van der Waals surface area contributed by atoms with Crippen molar-refractivity contribution in [1.82, 2.24) is 5.32 Å². The van der Waals surface area contributed by atoms with E-state index in [-0.39, 0.29) is 5.56 Å². The van der Waals surface area contributed by atoms with Crippen LogP contribution in [0.25, 0.3) is 0 Å². The molecule has 2 atom stereocenters. The van der Waals surface area contributed by atoms with E-state index in [0.29, 0.717) is 5.56 Å². The fraction of sp³-hybridized carbons (Fsp3) is 0.222.